The lowest BCUT2D eigenvalue weighted by atomic mass is 10.2. The number of H-pyrrole nitrogens is 1. The number of carbonyl (C=O) groups excluding carboxylic acids is 1. The average molecular weight is 343 g/mol. The molecule has 0 saturated carbocycles. The van der Waals surface area contributed by atoms with Crippen LogP contribution in [0.25, 0.3) is 10.9 Å². The van der Waals surface area contributed by atoms with Crippen molar-refractivity contribution in [3.63, 3.8) is 0 Å². The molecular formula is C18H15ClN2O3. The fraction of sp³-hybridized carbons (Fsp3) is 0.111. The summed E-state index contributed by atoms with van der Waals surface area (Å²) in [5.41, 5.74) is 0.971. The maximum absolute atomic E-state index is 12.3. The van der Waals surface area contributed by atoms with Crippen LogP contribution in [0.1, 0.15) is 6.92 Å². The van der Waals surface area contributed by atoms with Gasteiger partial charge in [0.05, 0.1) is 5.52 Å². The molecule has 0 aliphatic carbocycles. The molecule has 1 heterocycles. The van der Waals surface area contributed by atoms with Gasteiger partial charge in [-0.05, 0) is 43.3 Å². The molecule has 1 aromatic heterocycles. The van der Waals surface area contributed by atoms with Gasteiger partial charge in [0.2, 0.25) is 5.56 Å². The van der Waals surface area contributed by atoms with Crippen molar-refractivity contribution < 1.29 is 9.53 Å². The third-order valence-electron chi connectivity index (χ3n) is 3.51. The van der Waals surface area contributed by atoms with Crippen molar-refractivity contribution in [3.8, 4) is 5.75 Å². The topological polar surface area (TPSA) is 71.2 Å². The summed E-state index contributed by atoms with van der Waals surface area (Å²) in [4.78, 5) is 26.5. The molecule has 122 valence electrons. The Morgan fingerprint density at radius 2 is 1.88 bits per heavy atom. The van der Waals surface area contributed by atoms with Crippen LogP contribution in [0.3, 0.4) is 0 Å². The summed E-state index contributed by atoms with van der Waals surface area (Å²) in [6.45, 7) is 1.64. The van der Waals surface area contributed by atoms with E-state index in [4.69, 9.17) is 16.3 Å². The molecule has 2 aromatic carbocycles. The monoisotopic (exact) mass is 342 g/mol. The van der Waals surface area contributed by atoms with Crippen LogP contribution < -0.4 is 15.6 Å². The van der Waals surface area contributed by atoms with Crippen molar-refractivity contribution in [2.45, 2.75) is 13.0 Å². The Hall–Kier alpha value is -2.79. The van der Waals surface area contributed by atoms with E-state index in [0.717, 1.165) is 5.39 Å². The first kappa shape index (κ1) is 16.1. The van der Waals surface area contributed by atoms with E-state index in [0.29, 0.717) is 22.0 Å². The highest BCUT2D eigenvalue weighted by molar-refractivity contribution is 6.30. The number of fused-ring (bicyclic) bond motifs is 1. The average Bonchev–Trinajstić information content (AvgIpc) is 2.57. The molecule has 0 aliphatic heterocycles. The van der Waals surface area contributed by atoms with Crippen LogP contribution in [0, 0.1) is 0 Å². The second-order valence-corrected chi connectivity index (χ2v) is 5.74. The molecule has 1 unspecified atom stereocenters. The number of anilines is 1. The summed E-state index contributed by atoms with van der Waals surface area (Å²) in [6.07, 6.45) is -0.741. The molecule has 2 N–H and O–H groups in total. The van der Waals surface area contributed by atoms with Crippen molar-refractivity contribution in [2.75, 3.05) is 5.32 Å². The Bertz CT molecular complexity index is 935. The second kappa shape index (κ2) is 6.76. The van der Waals surface area contributed by atoms with E-state index >= 15 is 0 Å². The van der Waals surface area contributed by atoms with Crippen LogP contribution in [0.4, 0.5) is 5.69 Å². The van der Waals surface area contributed by atoms with Crippen LogP contribution in [0.5, 0.6) is 5.75 Å². The Morgan fingerprint density at radius 1 is 1.12 bits per heavy atom. The van der Waals surface area contributed by atoms with Gasteiger partial charge < -0.3 is 15.0 Å². The largest absolute Gasteiger partial charge is 0.479 e. The maximum Gasteiger partial charge on any atom is 0.265 e. The molecule has 0 bridgehead atoms. The third-order valence-corrected chi connectivity index (χ3v) is 3.76. The van der Waals surface area contributed by atoms with E-state index in [1.807, 2.05) is 6.07 Å². The van der Waals surface area contributed by atoms with Gasteiger partial charge in [0.15, 0.2) is 6.10 Å². The molecule has 5 nitrogen and oxygen atoms in total. The van der Waals surface area contributed by atoms with Crippen LogP contribution in [-0.2, 0) is 4.79 Å². The minimum atomic E-state index is -0.741. The Labute approximate surface area is 143 Å². The fourth-order valence-electron chi connectivity index (χ4n) is 2.27. The highest BCUT2D eigenvalue weighted by Gasteiger charge is 2.16. The van der Waals surface area contributed by atoms with Crippen LogP contribution in [-0.4, -0.2) is 17.0 Å². The fourth-order valence-corrected chi connectivity index (χ4v) is 2.40. The number of hydrogen-bond acceptors (Lipinski definition) is 3. The highest BCUT2D eigenvalue weighted by atomic mass is 35.5. The maximum atomic E-state index is 12.3. The summed E-state index contributed by atoms with van der Waals surface area (Å²) in [5.74, 6) is 0.150. The normalized spacial score (nSPS) is 11.9. The van der Waals surface area contributed by atoms with Crippen molar-refractivity contribution in [1.82, 2.24) is 4.98 Å². The quantitative estimate of drug-likeness (QED) is 0.761. The first-order chi connectivity index (χ1) is 11.5. The smallest absolute Gasteiger partial charge is 0.265 e. The van der Waals surface area contributed by atoms with E-state index in [2.05, 4.69) is 10.3 Å². The zero-order valence-corrected chi connectivity index (χ0v) is 13.6. The number of nitrogens with one attached hydrogen (secondary N) is 2. The zero-order chi connectivity index (χ0) is 17.1. The number of pyridine rings is 1. The van der Waals surface area contributed by atoms with Crippen LogP contribution in [0.2, 0.25) is 5.02 Å². The number of aromatic nitrogens is 1. The number of para-hydroxylation sites is 1. The summed E-state index contributed by atoms with van der Waals surface area (Å²) in [7, 11) is 0. The first-order valence-electron chi connectivity index (χ1n) is 7.38. The lowest BCUT2D eigenvalue weighted by Gasteiger charge is -2.16. The molecule has 3 rings (SSSR count). The molecule has 1 amide bonds. The van der Waals surface area contributed by atoms with Gasteiger partial charge in [0.1, 0.15) is 5.75 Å². The molecule has 24 heavy (non-hydrogen) atoms. The van der Waals surface area contributed by atoms with E-state index < -0.39 is 6.10 Å². The number of halogens is 1. The van der Waals surface area contributed by atoms with Gasteiger partial charge in [0.25, 0.3) is 5.91 Å². The number of rotatable bonds is 4. The molecule has 0 aliphatic rings. The molecule has 3 aromatic rings. The van der Waals surface area contributed by atoms with E-state index in [9.17, 15) is 9.59 Å². The van der Waals surface area contributed by atoms with E-state index in [1.165, 1.54) is 6.07 Å². The summed E-state index contributed by atoms with van der Waals surface area (Å²) < 4.78 is 5.73. The Balaban J connectivity index is 1.78. The predicted molar refractivity (Wildman–Crippen MR) is 94.7 cm³/mol. The van der Waals surface area contributed by atoms with Gasteiger partial charge in [-0.1, -0.05) is 23.7 Å². The molecule has 0 radical (unpaired) electrons. The van der Waals surface area contributed by atoms with Crippen molar-refractivity contribution in [2.24, 2.45) is 0 Å². The SMILES string of the molecule is CC(Oc1cccc2ccc(=O)[nH]c12)C(=O)Nc1ccc(Cl)cc1. The Morgan fingerprint density at radius 3 is 2.62 bits per heavy atom. The third kappa shape index (κ3) is 3.58. The number of hydrogen-bond donors (Lipinski definition) is 2. The van der Waals surface area contributed by atoms with Crippen molar-refractivity contribution >= 4 is 34.1 Å². The van der Waals surface area contributed by atoms with Crippen LogP contribution >= 0.6 is 11.6 Å². The standard InChI is InChI=1S/C18H15ClN2O3/c1-11(18(23)20-14-8-6-13(19)7-9-14)24-15-4-2-3-12-5-10-16(22)21-17(12)15/h2-11H,1H3,(H,20,23)(H,21,22). The zero-order valence-electron chi connectivity index (χ0n) is 12.9. The summed E-state index contributed by atoms with van der Waals surface area (Å²) in [5, 5.41) is 4.18. The van der Waals surface area contributed by atoms with Gasteiger partial charge in [-0.25, -0.2) is 0 Å². The number of benzene rings is 2. The number of carbonyl (C=O) groups is 1. The molecule has 6 heteroatoms. The second-order valence-electron chi connectivity index (χ2n) is 5.30. The number of aromatic amines is 1. The molecular weight excluding hydrogens is 328 g/mol. The lowest BCUT2D eigenvalue weighted by molar-refractivity contribution is -0.122. The predicted octanol–water partition coefficient (Wildman–Crippen LogP) is 3.59. The van der Waals surface area contributed by atoms with Gasteiger partial charge in [0, 0.05) is 22.2 Å². The molecule has 0 saturated heterocycles. The van der Waals surface area contributed by atoms with Gasteiger partial charge >= 0.3 is 0 Å². The van der Waals surface area contributed by atoms with Crippen LogP contribution in [0.15, 0.2) is 59.4 Å². The van der Waals surface area contributed by atoms with Gasteiger partial charge in [-0.15, -0.1) is 0 Å². The van der Waals surface area contributed by atoms with Gasteiger partial charge in [-0.3, -0.25) is 9.59 Å². The molecule has 1 atom stereocenters. The molecule has 0 fully saturated rings. The summed E-state index contributed by atoms with van der Waals surface area (Å²) in [6, 6.07) is 15.3. The molecule has 0 spiro atoms. The number of amides is 1. The Kier molecular flexibility index (Phi) is 4.53. The van der Waals surface area contributed by atoms with E-state index in [1.54, 1.807) is 49.4 Å². The minimum Gasteiger partial charge on any atom is -0.479 e. The van der Waals surface area contributed by atoms with Crippen molar-refractivity contribution in [3.05, 3.63) is 70.0 Å². The van der Waals surface area contributed by atoms with E-state index in [-0.39, 0.29) is 11.5 Å². The summed E-state index contributed by atoms with van der Waals surface area (Å²) >= 11 is 5.82. The first-order valence-corrected chi connectivity index (χ1v) is 7.76. The lowest BCUT2D eigenvalue weighted by Crippen LogP contribution is -2.30. The minimum absolute atomic E-state index is 0.225. The number of ether oxygens (including phenoxy) is 1. The van der Waals surface area contributed by atoms with Gasteiger partial charge in [-0.2, -0.15) is 0 Å². The van der Waals surface area contributed by atoms with Crippen molar-refractivity contribution in [1.29, 1.82) is 0 Å². The highest BCUT2D eigenvalue weighted by Crippen LogP contribution is 2.23.